The Labute approximate surface area is 233 Å². The summed E-state index contributed by atoms with van der Waals surface area (Å²) in [5.74, 6) is -2.60. The van der Waals surface area contributed by atoms with Gasteiger partial charge < -0.3 is 10.0 Å². The van der Waals surface area contributed by atoms with E-state index in [0.29, 0.717) is 0 Å². The maximum absolute atomic E-state index is 14.4. The molecular formula is C26H29Cl2F3N4O4. The number of rotatable bonds is 8. The fourth-order valence-corrected chi connectivity index (χ4v) is 5.83. The molecule has 0 spiro atoms. The minimum Gasteiger partial charge on any atom is -0.481 e. The van der Waals surface area contributed by atoms with Crippen LogP contribution in [0.25, 0.3) is 0 Å². The maximum atomic E-state index is 14.4. The van der Waals surface area contributed by atoms with Crippen LogP contribution in [0.4, 0.5) is 13.2 Å². The highest BCUT2D eigenvalue weighted by atomic mass is 35.5. The minimum absolute atomic E-state index is 0.00550. The third-order valence-corrected chi connectivity index (χ3v) is 8.70. The predicted molar refractivity (Wildman–Crippen MR) is 137 cm³/mol. The van der Waals surface area contributed by atoms with Gasteiger partial charge in [-0.25, -0.2) is 0 Å². The van der Waals surface area contributed by atoms with Crippen LogP contribution in [0.3, 0.4) is 0 Å². The Morgan fingerprint density at radius 3 is 2.15 bits per heavy atom. The average Bonchev–Trinajstić information content (AvgIpc) is 3.22. The van der Waals surface area contributed by atoms with Crippen molar-refractivity contribution in [3.05, 3.63) is 45.5 Å². The van der Waals surface area contributed by atoms with Gasteiger partial charge in [0.15, 0.2) is 11.5 Å². The molecule has 1 amide bonds. The van der Waals surface area contributed by atoms with E-state index in [4.69, 9.17) is 23.2 Å². The topological polar surface area (TPSA) is 105 Å². The maximum Gasteiger partial charge on any atom is 0.433 e. The largest absolute Gasteiger partial charge is 0.481 e. The Kier molecular flexibility index (Phi) is 7.81. The monoisotopic (exact) mass is 588 g/mol. The molecule has 0 bridgehead atoms. The highest BCUT2D eigenvalue weighted by molar-refractivity contribution is 6.39. The first kappa shape index (κ1) is 29.3. The normalized spacial score (nSPS) is 24.3. The van der Waals surface area contributed by atoms with Crippen LogP contribution in [0.2, 0.25) is 10.0 Å². The summed E-state index contributed by atoms with van der Waals surface area (Å²) in [6.07, 6.45) is -0.144. The molecule has 2 aliphatic carbocycles. The number of carboxylic acid groups (broad SMARTS) is 1. The number of nitrogens with zero attached hydrogens (tertiary/aromatic N) is 4. The Bertz CT molecular complexity index is 1280. The number of halogens is 5. The van der Waals surface area contributed by atoms with Gasteiger partial charge in [-0.3, -0.25) is 24.0 Å². The van der Waals surface area contributed by atoms with Crippen molar-refractivity contribution in [3.8, 4) is 0 Å². The van der Waals surface area contributed by atoms with Crippen LogP contribution in [0.1, 0.15) is 85.3 Å². The Morgan fingerprint density at radius 1 is 1.10 bits per heavy atom. The van der Waals surface area contributed by atoms with E-state index < -0.39 is 53.1 Å². The van der Waals surface area contributed by atoms with E-state index in [0.717, 1.165) is 22.2 Å². The predicted octanol–water partition coefficient (Wildman–Crippen LogP) is 6.18. The number of carbonyl (C=O) groups is 3. The molecule has 8 nitrogen and oxygen atoms in total. The molecular weight excluding hydrogens is 560 g/mol. The number of hydrogen-bond acceptors (Lipinski definition) is 5. The molecule has 13 heteroatoms. The van der Waals surface area contributed by atoms with E-state index in [1.165, 1.54) is 12.4 Å². The number of ketones is 1. The van der Waals surface area contributed by atoms with Crippen molar-refractivity contribution in [2.45, 2.75) is 65.1 Å². The fraction of sp³-hybridized carbons (Fsp3) is 0.577. The molecule has 1 atom stereocenters. The van der Waals surface area contributed by atoms with Crippen LogP contribution in [0.5, 0.6) is 0 Å². The first-order valence-corrected chi connectivity index (χ1v) is 13.3. The lowest BCUT2D eigenvalue weighted by Crippen LogP contribution is -2.39. The number of aliphatic carboxylic acids is 1. The summed E-state index contributed by atoms with van der Waals surface area (Å²) in [7, 11) is 0. The summed E-state index contributed by atoms with van der Waals surface area (Å²) in [4.78, 5) is 43.3. The smallest absolute Gasteiger partial charge is 0.433 e. The summed E-state index contributed by atoms with van der Waals surface area (Å²) in [6, 6.07) is -0.720. The molecule has 0 aliphatic heterocycles. The third kappa shape index (κ3) is 5.94. The van der Waals surface area contributed by atoms with Gasteiger partial charge in [-0.15, -0.1) is 0 Å². The summed E-state index contributed by atoms with van der Waals surface area (Å²) < 4.78 is 44.0. The SMILES string of the molecule is CC1(C(=O)O)CCC(n2ncc(C(=O)N(CC(=O)c3c(Cl)cncc3Cl)C[C@@H]3CC3(C)C)c2C(F)(F)F)CC1. The molecule has 2 aromatic heterocycles. The quantitative estimate of drug-likeness (QED) is 0.369. The van der Waals surface area contributed by atoms with Crippen molar-refractivity contribution in [1.82, 2.24) is 19.7 Å². The summed E-state index contributed by atoms with van der Waals surface area (Å²) >= 11 is 12.2. The molecule has 2 heterocycles. The molecule has 212 valence electrons. The van der Waals surface area contributed by atoms with Gasteiger partial charge in [0.25, 0.3) is 5.91 Å². The zero-order valence-corrected chi connectivity index (χ0v) is 23.2. The van der Waals surface area contributed by atoms with Gasteiger partial charge in [-0.1, -0.05) is 37.0 Å². The van der Waals surface area contributed by atoms with Crippen molar-refractivity contribution in [1.29, 1.82) is 0 Å². The van der Waals surface area contributed by atoms with E-state index >= 15 is 0 Å². The molecule has 4 rings (SSSR count). The van der Waals surface area contributed by atoms with Crippen molar-refractivity contribution >= 4 is 40.9 Å². The van der Waals surface area contributed by atoms with Gasteiger partial charge in [0.2, 0.25) is 0 Å². The Morgan fingerprint density at radius 2 is 1.67 bits per heavy atom. The molecule has 2 aromatic rings. The number of carboxylic acids is 1. The molecule has 2 saturated carbocycles. The molecule has 0 unspecified atom stereocenters. The molecule has 0 saturated heterocycles. The first-order chi connectivity index (χ1) is 18.0. The standard InChI is InChI=1S/C26H29Cl2F3N4O4/c1-24(2)8-14(24)12-34(13-19(36)20-17(27)10-32-11-18(20)28)22(37)16-9-33-35(21(16)26(29,30)31)15-4-6-25(3,7-5-15)23(38)39/h9-11,14-15H,4-8,12-13H2,1-3H3,(H,38,39)/t14-,15?,25?/m0/s1. The number of alkyl halides is 3. The van der Waals surface area contributed by atoms with Crippen LogP contribution in [0, 0.1) is 16.7 Å². The van der Waals surface area contributed by atoms with Crippen LogP contribution in [-0.4, -0.2) is 55.5 Å². The molecule has 1 N–H and O–H groups in total. The third-order valence-electron chi connectivity index (χ3n) is 8.13. The highest BCUT2D eigenvalue weighted by Crippen LogP contribution is 2.52. The highest BCUT2D eigenvalue weighted by Gasteiger charge is 2.49. The van der Waals surface area contributed by atoms with E-state index in [-0.39, 0.29) is 59.2 Å². The van der Waals surface area contributed by atoms with Crippen LogP contribution in [0.15, 0.2) is 18.6 Å². The number of amides is 1. The summed E-state index contributed by atoms with van der Waals surface area (Å²) in [5, 5.41) is 13.4. The summed E-state index contributed by atoms with van der Waals surface area (Å²) in [6.45, 7) is 5.07. The van der Waals surface area contributed by atoms with E-state index in [1.54, 1.807) is 6.92 Å². The Balaban J connectivity index is 1.66. The van der Waals surface area contributed by atoms with Gasteiger partial charge in [0.05, 0.1) is 45.4 Å². The van der Waals surface area contributed by atoms with Gasteiger partial charge in [0.1, 0.15) is 0 Å². The van der Waals surface area contributed by atoms with Gasteiger partial charge in [0, 0.05) is 18.9 Å². The fourth-order valence-electron chi connectivity index (χ4n) is 5.25. The van der Waals surface area contributed by atoms with Crippen molar-refractivity contribution in [3.63, 3.8) is 0 Å². The number of pyridine rings is 1. The second kappa shape index (κ2) is 10.4. The molecule has 0 aromatic carbocycles. The second-order valence-corrected chi connectivity index (χ2v) is 12.2. The molecule has 0 radical (unpaired) electrons. The number of aromatic nitrogens is 3. The molecule has 2 aliphatic rings. The zero-order chi connectivity index (χ0) is 28.9. The van der Waals surface area contributed by atoms with Crippen LogP contribution in [-0.2, 0) is 11.0 Å². The van der Waals surface area contributed by atoms with Gasteiger partial charge in [-0.2, -0.15) is 18.3 Å². The lowest BCUT2D eigenvalue weighted by atomic mass is 9.74. The van der Waals surface area contributed by atoms with Crippen molar-refractivity contribution < 1.29 is 32.7 Å². The number of hydrogen-bond donors (Lipinski definition) is 1. The average molecular weight is 589 g/mol. The van der Waals surface area contributed by atoms with Crippen molar-refractivity contribution in [2.24, 2.45) is 16.7 Å². The second-order valence-electron chi connectivity index (χ2n) is 11.4. The number of Topliss-reactive ketones (excluding diaryl/α,β-unsaturated/α-hetero) is 1. The minimum atomic E-state index is -4.92. The molecule has 2 fully saturated rings. The van der Waals surface area contributed by atoms with E-state index in [1.807, 2.05) is 13.8 Å². The Hall–Kier alpha value is -2.66. The lowest BCUT2D eigenvalue weighted by molar-refractivity contribution is -0.152. The summed E-state index contributed by atoms with van der Waals surface area (Å²) in [5.41, 5.74) is -3.07. The van der Waals surface area contributed by atoms with Crippen LogP contribution < -0.4 is 0 Å². The van der Waals surface area contributed by atoms with E-state index in [2.05, 4.69) is 10.1 Å². The van der Waals surface area contributed by atoms with Crippen LogP contribution >= 0.6 is 23.2 Å². The lowest BCUT2D eigenvalue weighted by Gasteiger charge is -2.34. The van der Waals surface area contributed by atoms with Crippen molar-refractivity contribution in [2.75, 3.05) is 13.1 Å². The number of carbonyl (C=O) groups excluding carboxylic acids is 2. The zero-order valence-electron chi connectivity index (χ0n) is 21.7. The van der Waals surface area contributed by atoms with Gasteiger partial charge >= 0.3 is 12.1 Å². The first-order valence-electron chi connectivity index (χ1n) is 12.5. The molecule has 39 heavy (non-hydrogen) atoms. The van der Waals surface area contributed by atoms with Gasteiger partial charge in [-0.05, 0) is 50.4 Å². The van der Waals surface area contributed by atoms with E-state index in [9.17, 15) is 32.7 Å².